The normalized spacial score (nSPS) is 14.6. The van der Waals surface area contributed by atoms with Crippen molar-refractivity contribution in [1.29, 1.82) is 0 Å². The molecule has 0 heterocycles. The van der Waals surface area contributed by atoms with Gasteiger partial charge in [0.1, 0.15) is 5.60 Å². The van der Waals surface area contributed by atoms with E-state index in [1.807, 2.05) is 97.1 Å². The average Bonchev–Trinajstić information content (AvgIpc) is 3.44. The van der Waals surface area contributed by atoms with Gasteiger partial charge in [0.05, 0.1) is 11.4 Å². The molecule has 8 aromatic rings. The molecule has 8 aromatic carbocycles. The molecule has 0 radical (unpaired) electrons. The van der Waals surface area contributed by atoms with Crippen LogP contribution in [0.1, 0.15) is 27.8 Å². The van der Waals surface area contributed by atoms with E-state index in [0.717, 1.165) is 66.5 Å². The molecule has 1 atom stereocenters. The number of hydrogen-bond donors (Lipinski definition) is 1. The molecule has 1 N–H and O–H groups in total. The standard InChI is InChI=1S/C37H27NO.2C7H7.Ti/c39-37(25-26-13-4-1-5-14-26)33-24-11-20-29-19-10-23-32(34(29)33)36(37)38-35-30(27-15-6-2-7-16-27)21-12-22-31(35)28-17-8-3-9-18-28;2*1-7-5-3-2-4-6-7;/h1-24,39H,25H2;2*2-6H,1H2;/q;2*-1;. The molecular formula is C51H41NOTi-2. The maximum atomic E-state index is 12.7. The van der Waals surface area contributed by atoms with Gasteiger partial charge in [-0.25, -0.2) is 4.99 Å². The third-order valence-electron chi connectivity index (χ3n) is 9.41. The van der Waals surface area contributed by atoms with Crippen LogP contribution in [0.5, 0.6) is 0 Å². The van der Waals surface area contributed by atoms with Crippen molar-refractivity contribution in [2.24, 2.45) is 4.99 Å². The van der Waals surface area contributed by atoms with E-state index >= 15 is 0 Å². The molecule has 9 rings (SSSR count). The Kier molecular flexibility index (Phi) is 12.4. The van der Waals surface area contributed by atoms with Crippen molar-refractivity contribution < 1.29 is 26.8 Å². The monoisotopic (exact) mass is 731 g/mol. The van der Waals surface area contributed by atoms with Crippen LogP contribution in [-0.2, 0) is 33.7 Å². The number of aliphatic hydroxyl groups is 1. The maximum Gasteiger partial charge on any atom is 0.137 e. The Morgan fingerprint density at radius 1 is 0.444 bits per heavy atom. The molecule has 2 nitrogen and oxygen atoms in total. The Labute approximate surface area is 334 Å². The van der Waals surface area contributed by atoms with Crippen LogP contribution in [0, 0.1) is 13.8 Å². The molecule has 262 valence electrons. The van der Waals surface area contributed by atoms with Crippen LogP contribution in [0.4, 0.5) is 5.69 Å². The zero-order valence-corrected chi connectivity index (χ0v) is 31.7. The van der Waals surface area contributed by atoms with E-state index in [-0.39, 0.29) is 21.7 Å². The van der Waals surface area contributed by atoms with Crippen molar-refractivity contribution in [2.45, 2.75) is 12.0 Å². The van der Waals surface area contributed by atoms with E-state index in [1.54, 1.807) is 0 Å². The SMILES string of the molecule is OC1(Cc2ccccc2)C(=Nc2c(-c3ccccc3)cccc2-c2ccccc2)c2cccc3cccc1c23.[CH2-]c1ccccc1.[CH2-]c1ccccc1.[Ti]. The molecular weight excluding hydrogens is 690 g/mol. The quantitative estimate of drug-likeness (QED) is 0.139. The molecule has 1 aliphatic carbocycles. The Morgan fingerprint density at radius 3 is 1.31 bits per heavy atom. The number of rotatable bonds is 5. The van der Waals surface area contributed by atoms with Crippen molar-refractivity contribution in [3.8, 4) is 22.3 Å². The van der Waals surface area contributed by atoms with Gasteiger partial charge in [0.25, 0.3) is 0 Å². The van der Waals surface area contributed by atoms with E-state index in [1.165, 1.54) is 0 Å². The van der Waals surface area contributed by atoms with E-state index < -0.39 is 5.60 Å². The van der Waals surface area contributed by atoms with Crippen molar-refractivity contribution in [2.75, 3.05) is 0 Å². The zero-order valence-electron chi connectivity index (χ0n) is 30.1. The minimum Gasteiger partial charge on any atom is -0.378 e. The smallest absolute Gasteiger partial charge is 0.137 e. The van der Waals surface area contributed by atoms with Gasteiger partial charge >= 0.3 is 0 Å². The van der Waals surface area contributed by atoms with Crippen molar-refractivity contribution in [1.82, 2.24) is 0 Å². The number of nitrogens with zero attached hydrogens (tertiary/aromatic N) is 1. The molecule has 0 saturated carbocycles. The van der Waals surface area contributed by atoms with Crippen molar-refractivity contribution >= 4 is 22.2 Å². The second kappa shape index (κ2) is 17.8. The van der Waals surface area contributed by atoms with Crippen LogP contribution in [0.25, 0.3) is 33.0 Å². The fourth-order valence-electron chi connectivity index (χ4n) is 6.89. The van der Waals surface area contributed by atoms with Crippen LogP contribution in [0.3, 0.4) is 0 Å². The summed E-state index contributed by atoms with van der Waals surface area (Å²) in [6.45, 7) is 7.44. The summed E-state index contributed by atoms with van der Waals surface area (Å²) < 4.78 is 0. The second-order valence-electron chi connectivity index (χ2n) is 13.1. The molecule has 54 heavy (non-hydrogen) atoms. The predicted octanol–water partition coefficient (Wildman–Crippen LogP) is 12.5. The van der Waals surface area contributed by atoms with Gasteiger partial charge in [0.15, 0.2) is 0 Å². The topological polar surface area (TPSA) is 32.6 Å². The Balaban J connectivity index is 0.000000278. The first-order valence-electron chi connectivity index (χ1n) is 17.9. The van der Waals surface area contributed by atoms with E-state index in [4.69, 9.17) is 4.99 Å². The minimum absolute atomic E-state index is 0. The van der Waals surface area contributed by atoms with Gasteiger partial charge in [-0.05, 0) is 33.0 Å². The summed E-state index contributed by atoms with van der Waals surface area (Å²) in [6, 6.07) is 69.5. The Bertz CT molecular complexity index is 2330. The molecule has 0 spiro atoms. The van der Waals surface area contributed by atoms with Gasteiger partial charge in [-0.2, -0.15) is 49.2 Å². The predicted molar refractivity (Wildman–Crippen MR) is 223 cm³/mol. The summed E-state index contributed by atoms with van der Waals surface area (Å²) in [5.74, 6) is 0. The first-order chi connectivity index (χ1) is 26.0. The molecule has 1 aliphatic rings. The summed E-state index contributed by atoms with van der Waals surface area (Å²) >= 11 is 0. The van der Waals surface area contributed by atoms with Crippen molar-refractivity contribution in [3.63, 3.8) is 0 Å². The summed E-state index contributed by atoms with van der Waals surface area (Å²) in [5.41, 5.74) is 9.65. The van der Waals surface area contributed by atoms with Gasteiger partial charge in [-0.1, -0.05) is 158 Å². The fourth-order valence-corrected chi connectivity index (χ4v) is 6.89. The van der Waals surface area contributed by atoms with Crippen LogP contribution in [0.15, 0.2) is 211 Å². The largest absolute Gasteiger partial charge is 0.378 e. The molecule has 3 heteroatoms. The first-order valence-corrected chi connectivity index (χ1v) is 17.9. The number of hydrogen-bond acceptors (Lipinski definition) is 2. The molecule has 0 aromatic heterocycles. The first kappa shape index (κ1) is 37.8. The second-order valence-corrected chi connectivity index (χ2v) is 13.1. The van der Waals surface area contributed by atoms with Crippen molar-refractivity contribution in [3.05, 3.63) is 248 Å². The third-order valence-corrected chi connectivity index (χ3v) is 9.41. The number of aliphatic imine (C=N–C) groups is 1. The van der Waals surface area contributed by atoms with Gasteiger partial charge in [-0.15, -0.1) is 24.3 Å². The number of benzene rings is 8. The average molecular weight is 732 g/mol. The van der Waals surface area contributed by atoms with Gasteiger partial charge in [-0.3, -0.25) is 0 Å². The Hall–Kier alpha value is -5.90. The molecule has 0 aliphatic heterocycles. The Morgan fingerprint density at radius 2 is 0.852 bits per heavy atom. The van der Waals surface area contributed by atoms with E-state index in [9.17, 15) is 5.11 Å². The molecule has 0 saturated heterocycles. The van der Waals surface area contributed by atoms with Gasteiger partial charge in [0.2, 0.25) is 0 Å². The van der Waals surface area contributed by atoms with E-state index in [0.29, 0.717) is 12.1 Å². The van der Waals surface area contributed by atoms with Gasteiger partial charge in [0, 0.05) is 44.8 Å². The molecule has 0 fully saturated rings. The molecule has 0 bridgehead atoms. The third kappa shape index (κ3) is 8.49. The van der Waals surface area contributed by atoms with Crippen LogP contribution < -0.4 is 0 Å². The molecule has 0 amide bonds. The van der Waals surface area contributed by atoms with Crippen LogP contribution >= 0.6 is 0 Å². The van der Waals surface area contributed by atoms with Crippen LogP contribution in [0.2, 0.25) is 0 Å². The number of para-hydroxylation sites is 1. The molecule has 1 unspecified atom stereocenters. The minimum atomic E-state index is -1.28. The van der Waals surface area contributed by atoms with E-state index in [2.05, 4.69) is 123 Å². The summed E-state index contributed by atoms with van der Waals surface area (Å²) in [5, 5.41) is 14.9. The zero-order chi connectivity index (χ0) is 36.5. The maximum absolute atomic E-state index is 12.7. The van der Waals surface area contributed by atoms with Gasteiger partial charge < -0.3 is 5.11 Å². The fraction of sp³-hybridized carbons (Fsp3) is 0.0392. The van der Waals surface area contributed by atoms with Crippen LogP contribution in [-0.4, -0.2) is 10.8 Å². The summed E-state index contributed by atoms with van der Waals surface area (Å²) in [7, 11) is 0. The summed E-state index contributed by atoms with van der Waals surface area (Å²) in [6.07, 6.45) is 0.439. The summed E-state index contributed by atoms with van der Waals surface area (Å²) in [4.78, 5) is 5.47.